The summed E-state index contributed by atoms with van der Waals surface area (Å²) in [5, 5.41) is 9.52. The minimum Gasteiger partial charge on any atom is -0.366 e. The average molecular weight is 331 g/mol. The van der Waals surface area contributed by atoms with Crippen LogP contribution in [-0.4, -0.2) is 11.8 Å². The first-order valence-corrected chi connectivity index (χ1v) is 8.04. The average Bonchev–Trinajstić information content (AvgIpc) is 3.17. The predicted octanol–water partition coefficient (Wildman–Crippen LogP) is 3.48. The first-order valence-electron chi connectivity index (χ1n) is 8.04. The van der Waals surface area contributed by atoms with E-state index in [1.807, 2.05) is 24.4 Å². The molecule has 0 unspecified atom stereocenters. The van der Waals surface area contributed by atoms with Crippen LogP contribution in [0.1, 0.15) is 45.5 Å². The lowest BCUT2D eigenvalue weighted by atomic mass is 10.0. The first-order chi connectivity index (χ1) is 12.1. The Labute approximate surface area is 146 Å². The van der Waals surface area contributed by atoms with Crippen LogP contribution in [-0.2, 0) is 0 Å². The van der Waals surface area contributed by atoms with Crippen molar-refractivity contribution in [3.8, 4) is 6.19 Å². The molecule has 0 aromatic heterocycles. The summed E-state index contributed by atoms with van der Waals surface area (Å²) in [6.45, 7) is 0. The monoisotopic (exact) mass is 331 g/mol. The van der Waals surface area contributed by atoms with Crippen LogP contribution in [0.4, 0.5) is 5.69 Å². The van der Waals surface area contributed by atoms with Crippen LogP contribution in [0, 0.1) is 11.5 Å². The van der Waals surface area contributed by atoms with E-state index in [1.54, 1.807) is 18.2 Å². The lowest BCUT2D eigenvalue weighted by Gasteiger charge is -2.16. The molecule has 1 aliphatic rings. The Bertz CT molecular complexity index is 909. The number of nitrogens with zero attached hydrogens (tertiary/aromatic N) is 2. The lowest BCUT2D eigenvalue weighted by Crippen LogP contribution is -2.28. The lowest BCUT2D eigenvalue weighted by molar-refractivity contribution is 0.0967. The van der Waals surface area contributed by atoms with Gasteiger partial charge < -0.3 is 5.73 Å². The number of allylic oxidation sites excluding steroid dienone is 2. The van der Waals surface area contributed by atoms with E-state index >= 15 is 0 Å². The molecule has 0 radical (unpaired) electrons. The molecule has 0 saturated heterocycles. The van der Waals surface area contributed by atoms with Crippen LogP contribution in [0.5, 0.6) is 0 Å². The molecular formula is C20H17N3O2. The Morgan fingerprint density at radius 3 is 2.48 bits per heavy atom. The van der Waals surface area contributed by atoms with Crippen molar-refractivity contribution in [3.63, 3.8) is 0 Å². The van der Waals surface area contributed by atoms with Gasteiger partial charge in [0.15, 0.2) is 6.19 Å². The molecule has 2 amide bonds. The number of hydrogen-bond acceptors (Lipinski definition) is 3. The number of nitriles is 1. The summed E-state index contributed by atoms with van der Waals surface area (Å²) in [5.74, 6) is -1.28. The van der Waals surface area contributed by atoms with Crippen molar-refractivity contribution in [1.82, 2.24) is 0 Å². The van der Waals surface area contributed by atoms with Crippen LogP contribution in [0.25, 0.3) is 5.57 Å². The molecule has 0 aliphatic heterocycles. The molecule has 0 fully saturated rings. The maximum absolute atomic E-state index is 12.8. The summed E-state index contributed by atoms with van der Waals surface area (Å²) in [4.78, 5) is 25.4. The van der Waals surface area contributed by atoms with Gasteiger partial charge in [-0.1, -0.05) is 30.3 Å². The van der Waals surface area contributed by atoms with Crippen LogP contribution in [0.2, 0.25) is 0 Å². The molecule has 2 aromatic rings. The van der Waals surface area contributed by atoms with Crippen molar-refractivity contribution in [2.45, 2.75) is 19.3 Å². The number of anilines is 1. The number of rotatable bonds is 4. The van der Waals surface area contributed by atoms with Gasteiger partial charge in [0.25, 0.3) is 5.91 Å². The van der Waals surface area contributed by atoms with Crippen molar-refractivity contribution in [2.24, 2.45) is 5.73 Å². The Morgan fingerprint density at radius 2 is 1.84 bits per heavy atom. The van der Waals surface area contributed by atoms with Crippen molar-refractivity contribution in [2.75, 3.05) is 4.90 Å². The van der Waals surface area contributed by atoms with E-state index in [0.29, 0.717) is 5.69 Å². The third kappa shape index (κ3) is 3.29. The highest BCUT2D eigenvalue weighted by Gasteiger charge is 2.22. The quantitative estimate of drug-likeness (QED) is 0.687. The van der Waals surface area contributed by atoms with Gasteiger partial charge in [0.05, 0.1) is 16.8 Å². The molecule has 5 nitrogen and oxygen atoms in total. The Balaban J connectivity index is 1.98. The fraction of sp³-hybridized carbons (Fsp3) is 0.150. The van der Waals surface area contributed by atoms with Gasteiger partial charge in [-0.3, -0.25) is 9.59 Å². The number of hydrogen-bond donors (Lipinski definition) is 1. The SMILES string of the molecule is N#CN(C(=O)c1ccccc1C(N)=O)c1cccc(C2=CCCC2)c1. The summed E-state index contributed by atoms with van der Waals surface area (Å²) in [6, 6.07) is 13.6. The highest BCUT2D eigenvalue weighted by atomic mass is 16.2. The molecule has 0 spiro atoms. The largest absolute Gasteiger partial charge is 0.366 e. The maximum atomic E-state index is 12.8. The smallest absolute Gasteiger partial charge is 0.272 e. The third-order valence-corrected chi connectivity index (χ3v) is 4.24. The number of carbonyl (C=O) groups excluding carboxylic acids is 2. The number of nitrogens with two attached hydrogens (primary N) is 1. The molecule has 2 aromatic carbocycles. The van der Waals surface area contributed by atoms with Crippen molar-refractivity contribution in [3.05, 3.63) is 71.3 Å². The van der Waals surface area contributed by atoms with E-state index < -0.39 is 11.8 Å². The second-order valence-corrected chi connectivity index (χ2v) is 5.82. The number of benzene rings is 2. The van der Waals surface area contributed by atoms with Gasteiger partial charge in [-0.25, -0.2) is 4.90 Å². The first kappa shape index (κ1) is 16.5. The van der Waals surface area contributed by atoms with Gasteiger partial charge in [-0.15, -0.1) is 0 Å². The van der Waals surface area contributed by atoms with E-state index in [9.17, 15) is 14.9 Å². The highest BCUT2D eigenvalue weighted by molar-refractivity contribution is 6.14. The summed E-state index contributed by atoms with van der Waals surface area (Å²) >= 11 is 0. The normalized spacial score (nSPS) is 13.0. The van der Waals surface area contributed by atoms with E-state index in [4.69, 9.17) is 5.73 Å². The molecule has 0 atom stereocenters. The second-order valence-electron chi connectivity index (χ2n) is 5.82. The molecular weight excluding hydrogens is 314 g/mol. The molecule has 0 saturated carbocycles. The number of carbonyl (C=O) groups is 2. The second kappa shape index (κ2) is 7.02. The van der Waals surface area contributed by atoms with Gasteiger partial charge in [-0.05, 0) is 54.7 Å². The van der Waals surface area contributed by atoms with Gasteiger partial charge in [-0.2, -0.15) is 5.26 Å². The molecule has 1 aliphatic carbocycles. The van der Waals surface area contributed by atoms with E-state index in [2.05, 4.69) is 6.08 Å². The highest BCUT2D eigenvalue weighted by Crippen LogP contribution is 2.30. The van der Waals surface area contributed by atoms with Gasteiger partial charge in [0.1, 0.15) is 0 Å². The Hall–Kier alpha value is -3.39. The van der Waals surface area contributed by atoms with Crippen LogP contribution in [0.15, 0.2) is 54.6 Å². The molecule has 5 heteroatoms. The minimum absolute atomic E-state index is 0.0994. The topological polar surface area (TPSA) is 87.2 Å². The van der Waals surface area contributed by atoms with Gasteiger partial charge >= 0.3 is 0 Å². The van der Waals surface area contributed by atoms with Crippen molar-refractivity contribution in [1.29, 1.82) is 5.26 Å². The molecule has 3 rings (SSSR count). The van der Waals surface area contributed by atoms with Gasteiger partial charge in [0.2, 0.25) is 5.91 Å². The predicted molar refractivity (Wildman–Crippen MR) is 95.7 cm³/mol. The fourth-order valence-corrected chi connectivity index (χ4v) is 3.00. The zero-order valence-electron chi connectivity index (χ0n) is 13.6. The molecule has 2 N–H and O–H groups in total. The van der Waals surface area contributed by atoms with Crippen LogP contribution in [0.3, 0.4) is 0 Å². The van der Waals surface area contributed by atoms with E-state index in [0.717, 1.165) is 29.7 Å². The van der Waals surface area contributed by atoms with Gasteiger partial charge in [0, 0.05) is 0 Å². The van der Waals surface area contributed by atoms with E-state index in [1.165, 1.54) is 17.7 Å². The van der Waals surface area contributed by atoms with E-state index in [-0.39, 0.29) is 11.1 Å². The molecule has 0 heterocycles. The standard InChI is InChI=1S/C20H17N3O2/c21-13-23(20(25)18-11-4-3-10-17(18)19(22)24)16-9-5-8-15(12-16)14-6-1-2-7-14/h3-6,8-12H,1-2,7H2,(H2,22,24). The molecule has 25 heavy (non-hydrogen) atoms. The summed E-state index contributed by atoms with van der Waals surface area (Å²) in [5.41, 5.74) is 8.25. The zero-order chi connectivity index (χ0) is 17.8. The summed E-state index contributed by atoms with van der Waals surface area (Å²) in [6.07, 6.45) is 7.25. The summed E-state index contributed by atoms with van der Waals surface area (Å²) in [7, 11) is 0. The van der Waals surface area contributed by atoms with Crippen molar-refractivity contribution >= 4 is 23.1 Å². The Morgan fingerprint density at radius 1 is 1.08 bits per heavy atom. The molecule has 124 valence electrons. The zero-order valence-corrected chi connectivity index (χ0v) is 13.6. The number of amides is 2. The van der Waals surface area contributed by atoms with Crippen molar-refractivity contribution < 1.29 is 9.59 Å². The Kier molecular flexibility index (Phi) is 4.62. The third-order valence-electron chi connectivity index (χ3n) is 4.24. The number of primary amides is 1. The van der Waals surface area contributed by atoms with Crippen LogP contribution < -0.4 is 10.6 Å². The summed E-state index contributed by atoms with van der Waals surface area (Å²) < 4.78 is 0. The fourth-order valence-electron chi connectivity index (χ4n) is 3.00. The maximum Gasteiger partial charge on any atom is 0.272 e. The van der Waals surface area contributed by atoms with Crippen LogP contribution >= 0.6 is 0 Å². The minimum atomic E-state index is -0.702. The molecule has 0 bridgehead atoms.